The van der Waals surface area contributed by atoms with Gasteiger partial charge < -0.3 is 28.4 Å². The summed E-state index contributed by atoms with van der Waals surface area (Å²) in [5.74, 6) is -2.91. The van der Waals surface area contributed by atoms with Crippen molar-refractivity contribution < 1.29 is 52.4 Å². The lowest BCUT2D eigenvalue weighted by atomic mass is 9.72. The van der Waals surface area contributed by atoms with E-state index in [1.165, 1.54) is 6.92 Å². The quantitative estimate of drug-likeness (QED) is 0.226. The number of carbonyl (C=O) groups excluding carboxylic acids is 5. The number of nitrogens with zero attached hydrogens (tertiary/aromatic N) is 5. The molecule has 0 unspecified atom stereocenters. The zero-order valence-electron chi connectivity index (χ0n) is 27.4. The molecular formula is C32H37N5O11. The van der Waals surface area contributed by atoms with Gasteiger partial charge in [-0.25, -0.2) is 9.36 Å². The number of esters is 4. The van der Waals surface area contributed by atoms with Gasteiger partial charge in [0.25, 0.3) is 0 Å². The Morgan fingerprint density at radius 1 is 0.917 bits per heavy atom. The fourth-order valence-corrected chi connectivity index (χ4v) is 6.07. The monoisotopic (exact) mass is 667 g/mol. The van der Waals surface area contributed by atoms with Crippen molar-refractivity contribution in [3.63, 3.8) is 0 Å². The third-order valence-corrected chi connectivity index (χ3v) is 7.89. The van der Waals surface area contributed by atoms with E-state index in [2.05, 4.69) is 15.4 Å². The number of para-hydroxylation sites is 1. The van der Waals surface area contributed by atoms with Crippen molar-refractivity contribution in [2.75, 3.05) is 6.61 Å². The van der Waals surface area contributed by atoms with Gasteiger partial charge in [-0.2, -0.15) is 5.10 Å². The van der Waals surface area contributed by atoms with E-state index in [-0.39, 0.29) is 25.4 Å². The van der Waals surface area contributed by atoms with E-state index in [4.69, 9.17) is 28.4 Å². The van der Waals surface area contributed by atoms with Crippen LogP contribution in [0, 0.1) is 5.41 Å². The molecule has 0 saturated carbocycles. The minimum absolute atomic E-state index is 0.0271. The van der Waals surface area contributed by atoms with Crippen LogP contribution in [-0.2, 0) is 54.2 Å². The number of carbonyl (C=O) groups is 5. The van der Waals surface area contributed by atoms with E-state index < -0.39 is 66.0 Å². The Hall–Kier alpha value is -4.96. The van der Waals surface area contributed by atoms with Crippen LogP contribution < -0.4 is 0 Å². The summed E-state index contributed by atoms with van der Waals surface area (Å²) in [6.45, 7) is 7.93. The van der Waals surface area contributed by atoms with E-state index in [9.17, 15) is 24.0 Å². The number of benzene rings is 1. The number of Topliss-reactive ketones (excluding diaryl/α,β-unsaturated/α-hetero) is 1. The van der Waals surface area contributed by atoms with E-state index in [0.717, 1.165) is 26.5 Å². The van der Waals surface area contributed by atoms with Gasteiger partial charge in [-0.1, -0.05) is 37.3 Å². The Labute approximate surface area is 275 Å². The average Bonchev–Trinajstić information content (AvgIpc) is 3.65. The maximum atomic E-state index is 13.1. The smallest absolute Gasteiger partial charge is 0.303 e. The first kappa shape index (κ1) is 34.4. The van der Waals surface area contributed by atoms with Crippen LogP contribution in [0.25, 0.3) is 5.69 Å². The van der Waals surface area contributed by atoms with Crippen LogP contribution in [0.3, 0.4) is 0 Å². The number of hydrogen-bond donors (Lipinski definition) is 0. The zero-order chi connectivity index (χ0) is 34.7. The van der Waals surface area contributed by atoms with Crippen LogP contribution in [0.2, 0.25) is 0 Å². The molecule has 0 bridgehead atoms. The van der Waals surface area contributed by atoms with Gasteiger partial charge in [0, 0.05) is 39.5 Å². The molecule has 6 atom stereocenters. The summed E-state index contributed by atoms with van der Waals surface area (Å²) in [5.41, 5.74) is 1.71. The summed E-state index contributed by atoms with van der Waals surface area (Å²) in [6, 6.07) is 9.00. The van der Waals surface area contributed by atoms with E-state index in [1.54, 1.807) is 21.8 Å². The highest BCUT2D eigenvalue weighted by molar-refractivity contribution is 5.99. The van der Waals surface area contributed by atoms with Crippen molar-refractivity contribution in [1.82, 2.24) is 24.8 Å². The van der Waals surface area contributed by atoms with Crippen LogP contribution in [0.15, 0.2) is 42.7 Å². The normalized spacial score (nSPS) is 24.7. The van der Waals surface area contributed by atoms with Gasteiger partial charge in [0.1, 0.15) is 24.4 Å². The first-order chi connectivity index (χ1) is 22.7. The van der Waals surface area contributed by atoms with Crippen molar-refractivity contribution in [2.24, 2.45) is 5.41 Å². The highest BCUT2D eigenvalue weighted by Gasteiger charge is 2.53. The second kappa shape index (κ2) is 14.0. The zero-order valence-corrected chi connectivity index (χ0v) is 27.4. The second-order valence-corrected chi connectivity index (χ2v) is 12.3. The molecule has 2 aliphatic rings. The SMILES string of the molecule is CC(=O)OC[C@H]1O[C@@H](OCc2cn([C@H]3c4c(cnn4-c4ccccc4)C(=O)CC3(C)C)nn2)[C@H](OC(C)=O)[C@@H](OC(C)=O)[C@@H]1OC(C)=O. The van der Waals surface area contributed by atoms with Crippen molar-refractivity contribution in [3.05, 3.63) is 59.7 Å². The first-order valence-electron chi connectivity index (χ1n) is 15.2. The molecule has 0 N–H and O–H groups in total. The molecule has 0 spiro atoms. The molecule has 2 aromatic heterocycles. The Bertz CT molecular complexity index is 1680. The number of hydrogen-bond acceptors (Lipinski definition) is 14. The predicted octanol–water partition coefficient (Wildman–Crippen LogP) is 2.27. The van der Waals surface area contributed by atoms with Gasteiger partial charge in [-0.3, -0.25) is 24.0 Å². The Balaban J connectivity index is 1.44. The van der Waals surface area contributed by atoms with Crippen LogP contribution in [0.5, 0.6) is 0 Å². The van der Waals surface area contributed by atoms with Crippen molar-refractivity contribution in [1.29, 1.82) is 0 Å². The van der Waals surface area contributed by atoms with Crippen molar-refractivity contribution in [2.45, 2.75) is 91.3 Å². The fourth-order valence-electron chi connectivity index (χ4n) is 6.07. The maximum absolute atomic E-state index is 13.1. The average molecular weight is 668 g/mol. The van der Waals surface area contributed by atoms with Crippen molar-refractivity contribution >= 4 is 29.7 Å². The molecule has 0 radical (unpaired) electrons. The van der Waals surface area contributed by atoms with Crippen LogP contribution in [0.4, 0.5) is 0 Å². The molecule has 5 rings (SSSR count). The summed E-state index contributed by atoms with van der Waals surface area (Å²) >= 11 is 0. The van der Waals surface area contributed by atoms with Crippen LogP contribution in [-0.4, -0.2) is 91.7 Å². The summed E-state index contributed by atoms with van der Waals surface area (Å²) in [6.07, 6.45) is -3.12. The first-order valence-corrected chi connectivity index (χ1v) is 15.2. The molecule has 256 valence electrons. The van der Waals surface area contributed by atoms with Gasteiger partial charge in [0.05, 0.1) is 35.9 Å². The standard InChI is InChI=1S/C32H37N5O11/c1-17(38)43-16-25-27(45-18(2)39)28(46-19(3)40)29(47-20(4)41)31(48-25)44-15-21-14-36(35-34-21)30-26-23(24(42)12-32(30,5)6)13-33-37(26)22-10-8-7-9-11-22/h7-11,13-14,25,27-31H,12,15-16H2,1-6H3/t25-,27-,28+,29-,30+,31-/m1/s1. The number of aromatic nitrogens is 5. The molecule has 1 saturated heterocycles. The number of ether oxygens (including phenoxy) is 6. The molecule has 0 amide bonds. The predicted molar refractivity (Wildman–Crippen MR) is 161 cm³/mol. The molecule has 1 aromatic carbocycles. The number of rotatable bonds is 10. The molecule has 16 heteroatoms. The van der Waals surface area contributed by atoms with E-state index in [1.807, 2.05) is 44.2 Å². The summed E-state index contributed by atoms with van der Waals surface area (Å²) < 4.78 is 36.9. The van der Waals surface area contributed by atoms with Crippen LogP contribution >= 0.6 is 0 Å². The molecule has 3 heterocycles. The second-order valence-electron chi connectivity index (χ2n) is 12.3. The maximum Gasteiger partial charge on any atom is 0.303 e. The molecule has 1 aliphatic carbocycles. The van der Waals surface area contributed by atoms with Gasteiger partial charge in [-0.05, 0) is 12.1 Å². The third kappa shape index (κ3) is 7.44. The van der Waals surface area contributed by atoms with Gasteiger partial charge in [0.2, 0.25) is 0 Å². The lowest BCUT2D eigenvalue weighted by molar-refractivity contribution is -0.310. The number of fused-ring (bicyclic) bond motifs is 1. The molecule has 16 nitrogen and oxygen atoms in total. The van der Waals surface area contributed by atoms with E-state index >= 15 is 0 Å². The molecule has 1 aliphatic heterocycles. The minimum Gasteiger partial charge on any atom is -0.463 e. The molecular weight excluding hydrogens is 630 g/mol. The minimum atomic E-state index is -1.38. The topological polar surface area (TPSA) is 189 Å². The summed E-state index contributed by atoms with van der Waals surface area (Å²) in [4.78, 5) is 61.0. The molecule has 1 fully saturated rings. The third-order valence-electron chi connectivity index (χ3n) is 7.89. The lowest BCUT2D eigenvalue weighted by Gasteiger charge is -2.43. The van der Waals surface area contributed by atoms with Crippen molar-refractivity contribution in [3.8, 4) is 5.69 Å². The van der Waals surface area contributed by atoms with Crippen LogP contribution in [0.1, 0.15) is 75.8 Å². The van der Waals surface area contributed by atoms with E-state index in [0.29, 0.717) is 17.0 Å². The highest BCUT2D eigenvalue weighted by atomic mass is 16.7. The van der Waals surface area contributed by atoms with Gasteiger partial charge in [0.15, 0.2) is 30.4 Å². The Morgan fingerprint density at radius 2 is 1.56 bits per heavy atom. The molecule has 3 aromatic rings. The lowest BCUT2D eigenvalue weighted by Crippen LogP contribution is -2.62. The fraction of sp³-hybridized carbons (Fsp3) is 0.500. The summed E-state index contributed by atoms with van der Waals surface area (Å²) in [7, 11) is 0. The Kier molecular flexibility index (Phi) is 10.0. The van der Waals surface area contributed by atoms with Gasteiger partial charge in [-0.15, -0.1) is 5.10 Å². The highest BCUT2D eigenvalue weighted by Crippen LogP contribution is 2.46. The largest absolute Gasteiger partial charge is 0.463 e. The van der Waals surface area contributed by atoms with Gasteiger partial charge >= 0.3 is 23.9 Å². The molecule has 48 heavy (non-hydrogen) atoms. The summed E-state index contributed by atoms with van der Waals surface area (Å²) in [5, 5.41) is 13.2. The number of ketones is 1. The Morgan fingerprint density at radius 3 is 2.21 bits per heavy atom.